The van der Waals surface area contributed by atoms with E-state index in [1.165, 1.54) is 36.4 Å². The van der Waals surface area contributed by atoms with E-state index in [9.17, 15) is 23.3 Å². The molecular formula is C20H23N3O5S. The van der Waals surface area contributed by atoms with E-state index in [1.54, 1.807) is 23.1 Å². The lowest BCUT2D eigenvalue weighted by atomic mass is 10.2. The molecule has 0 spiro atoms. The Balaban J connectivity index is 1.95. The summed E-state index contributed by atoms with van der Waals surface area (Å²) in [5.74, 6) is -0.273. The topological polar surface area (TPSA) is 101 Å². The lowest BCUT2D eigenvalue weighted by molar-refractivity contribution is -0.384. The van der Waals surface area contributed by atoms with Crippen LogP contribution in [0.2, 0.25) is 0 Å². The molecule has 0 aliphatic carbocycles. The highest BCUT2D eigenvalue weighted by atomic mass is 32.2. The molecule has 0 bridgehead atoms. The maximum Gasteiger partial charge on any atom is 0.269 e. The number of carbonyl (C=O) groups excluding carboxylic acids is 1. The lowest BCUT2D eigenvalue weighted by Crippen LogP contribution is -2.43. The number of non-ortho nitro benzene ring substituents is 1. The second-order valence-corrected chi connectivity index (χ2v) is 8.76. The van der Waals surface area contributed by atoms with E-state index in [0.717, 1.165) is 30.0 Å². The van der Waals surface area contributed by atoms with Gasteiger partial charge in [0.1, 0.15) is 6.54 Å². The number of nitrogens with zero attached hydrogens (tertiary/aromatic N) is 3. The zero-order valence-corrected chi connectivity index (χ0v) is 16.8. The molecule has 154 valence electrons. The highest BCUT2D eigenvalue weighted by molar-refractivity contribution is 7.92. The van der Waals surface area contributed by atoms with Gasteiger partial charge in [0.25, 0.3) is 15.7 Å². The third-order valence-electron chi connectivity index (χ3n) is 4.92. The van der Waals surface area contributed by atoms with Crippen molar-refractivity contribution in [2.75, 3.05) is 23.9 Å². The SMILES string of the molecule is O=C(CN(c1ccc([N+](=O)[O-])cc1)S(=O)(=O)c1ccccc1)N1CCCCCC1. The van der Waals surface area contributed by atoms with E-state index in [1.807, 2.05) is 0 Å². The Labute approximate surface area is 169 Å². The quantitative estimate of drug-likeness (QED) is 0.531. The summed E-state index contributed by atoms with van der Waals surface area (Å²) >= 11 is 0. The third kappa shape index (κ3) is 4.92. The van der Waals surface area contributed by atoms with Crippen LogP contribution in [-0.4, -0.2) is 43.8 Å². The highest BCUT2D eigenvalue weighted by Crippen LogP contribution is 2.26. The van der Waals surface area contributed by atoms with Gasteiger partial charge in [-0.05, 0) is 37.1 Å². The Morgan fingerprint density at radius 1 is 0.966 bits per heavy atom. The molecule has 8 nitrogen and oxygen atoms in total. The molecule has 1 aliphatic heterocycles. The van der Waals surface area contributed by atoms with E-state index in [4.69, 9.17) is 0 Å². The first-order chi connectivity index (χ1) is 13.9. The normalized spacial score (nSPS) is 14.8. The van der Waals surface area contributed by atoms with Crippen molar-refractivity contribution in [3.8, 4) is 0 Å². The zero-order valence-electron chi connectivity index (χ0n) is 15.9. The largest absolute Gasteiger partial charge is 0.341 e. The van der Waals surface area contributed by atoms with Crippen molar-refractivity contribution in [3.05, 3.63) is 64.7 Å². The summed E-state index contributed by atoms with van der Waals surface area (Å²) in [4.78, 5) is 25.0. The van der Waals surface area contributed by atoms with Gasteiger partial charge in [0, 0.05) is 25.2 Å². The molecule has 0 atom stereocenters. The fraction of sp³-hybridized carbons (Fsp3) is 0.350. The van der Waals surface area contributed by atoms with Gasteiger partial charge in [-0.1, -0.05) is 31.0 Å². The monoisotopic (exact) mass is 417 g/mol. The van der Waals surface area contributed by atoms with Crippen molar-refractivity contribution in [1.82, 2.24) is 4.90 Å². The zero-order chi connectivity index (χ0) is 20.9. The van der Waals surface area contributed by atoms with Gasteiger partial charge in [0.15, 0.2) is 0 Å². The lowest BCUT2D eigenvalue weighted by Gasteiger charge is -2.27. The maximum atomic E-state index is 13.3. The Bertz CT molecular complexity index is 953. The highest BCUT2D eigenvalue weighted by Gasteiger charge is 2.29. The number of hydrogen-bond acceptors (Lipinski definition) is 5. The minimum absolute atomic E-state index is 0.0574. The molecule has 1 aliphatic rings. The molecule has 0 radical (unpaired) electrons. The predicted molar refractivity (Wildman–Crippen MR) is 109 cm³/mol. The van der Waals surface area contributed by atoms with Crippen molar-refractivity contribution < 1.29 is 18.1 Å². The van der Waals surface area contributed by atoms with Gasteiger partial charge in [-0.3, -0.25) is 19.2 Å². The van der Waals surface area contributed by atoms with Crippen LogP contribution in [0.5, 0.6) is 0 Å². The number of amides is 1. The molecule has 0 N–H and O–H groups in total. The number of carbonyl (C=O) groups is 1. The van der Waals surface area contributed by atoms with E-state index < -0.39 is 14.9 Å². The number of nitro groups is 1. The molecule has 1 saturated heterocycles. The number of sulfonamides is 1. The number of anilines is 1. The second kappa shape index (κ2) is 9.04. The molecule has 1 fully saturated rings. The Morgan fingerprint density at radius 3 is 2.10 bits per heavy atom. The van der Waals surface area contributed by atoms with Crippen molar-refractivity contribution in [3.63, 3.8) is 0 Å². The molecule has 1 amide bonds. The van der Waals surface area contributed by atoms with E-state index in [0.29, 0.717) is 13.1 Å². The molecule has 2 aromatic rings. The maximum absolute atomic E-state index is 13.3. The van der Waals surface area contributed by atoms with Crippen LogP contribution in [0, 0.1) is 10.1 Å². The van der Waals surface area contributed by atoms with Gasteiger partial charge >= 0.3 is 0 Å². The molecular weight excluding hydrogens is 394 g/mol. The van der Waals surface area contributed by atoms with Crippen LogP contribution in [0.3, 0.4) is 0 Å². The fourth-order valence-corrected chi connectivity index (χ4v) is 4.75. The summed E-state index contributed by atoms with van der Waals surface area (Å²) in [7, 11) is -4.01. The van der Waals surface area contributed by atoms with Crippen molar-refractivity contribution >= 4 is 27.3 Å². The molecule has 0 aromatic heterocycles. The first-order valence-electron chi connectivity index (χ1n) is 9.49. The van der Waals surface area contributed by atoms with Crippen LogP contribution in [0.15, 0.2) is 59.5 Å². The van der Waals surface area contributed by atoms with Crippen LogP contribution >= 0.6 is 0 Å². The molecule has 9 heteroatoms. The molecule has 0 unspecified atom stereocenters. The van der Waals surface area contributed by atoms with Crippen molar-refractivity contribution in [2.45, 2.75) is 30.6 Å². The van der Waals surface area contributed by atoms with E-state index in [2.05, 4.69) is 0 Å². The smallest absolute Gasteiger partial charge is 0.269 e. The standard InChI is InChI=1S/C20H23N3O5S/c24-20(21-14-6-1-2-7-15-21)16-22(17-10-12-18(13-11-17)23(25)26)29(27,28)19-8-4-3-5-9-19/h3-5,8-13H,1-2,6-7,14-16H2. The van der Waals surface area contributed by atoms with Gasteiger partial charge in [-0.25, -0.2) is 8.42 Å². The van der Waals surface area contributed by atoms with Crippen molar-refractivity contribution in [2.24, 2.45) is 0 Å². The van der Waals surface area contributed by atoms with Crippen LogP contribution in [0.1, 0.15) is 25.7 Å². The third-order valence-corrected chi connectivity index (χ3v) is 6.71. The van der Waals surface area contributed by atoms with Crippen LogP contribution in [0.25, 0.3) is 0 Å². The minimum atomic E-state index is -4.01. The van der Waals surface area contributed by atoms with Gasteiger partial charge in [-0.2, -0.15) is 0 Å². The first-order valence-corrected chi connectivity index (χ1v) is 10.9. The average Bonchev–Trinajstić information content (AvgIpc) is 3.02. The van der Waals surface area contributed by atoms with Crippen molar-refractivity contribution in [1.29, 1.82) is 0 Å². The Hall–Kier alpha value is -2.94. The Kier molecular flexibility index (Phi) is 6.48. The fourth-order valence-electron chi connectivity index (χ4n) is 3.32. The number of benzene rings is 2. The molecule has 2 aromatic carbocycles. The molecule has 1 heterocycles. The number of hydrogen-bond donors (Lipinski definition) is 0. The van der Waals surface area contributed by atoms with E-state index in [-0.39, 0.29) is 28.7 Å². The summed E-state index contributed by atoms with van der Waals surface area (Å²) in [6, 6.07) is 13.0. The van der Waals surface area contributed by atoms with Gasteiger partial charge in [-0.15, -0.1) is 0 Å². The number of likely N-dealkylation sites (tertiary alicyclic amines) is 1. The Morgan fingerprint density at radius 2 is 1.55 bits per heavy atom. The summed E-state index contributed by atoms with van der Waals surface area (Å²) in [5.41, 5.74) is 0.0623. The first kappa shape index (κ1) is 20.8. The predicted octanol–water partition coefficient (Wildman–Crippen LogP) is 3.19. The summed E-state index contributed by atoms with van der Waals surface area (Å²) in [6.45, 7) is 0.867. The summed E-state index contributed by atoms with van der Waals surface area (Å²) in [6.07, 6.45) is 3.90. The van der Waals surface area contributed by atoms with Gasteiger partial charge < -0.3 is 4.90 Å². The summed E-state index contributed by atoms with van der Waals surface area (Å²) < 4.78 is 27.5. The molecule has 0 saturated carbocycles. The van der Waals surface area contributed by atoms with Gasteiger partial charge in [0.05, 0.1) is 15.5 Å². The number of rotatable bonds is 6. The van der Waals surface area contributed by atoms with Gasteiger partial charge in [0.2, 0.25) is 5.91 Å². The van der Waals surface area contributed by atoms with Crippen LogP contribution < -0.4 is 4.31 Å². The number of nitro benzene ring substituents is 1. The summed E-state index contributed by atoms with van der Waals surface area (Å²) in [5, 5.41) is 10.9. The average molecular weight is 417 g/mol. The second-order valence-electron chi connectivity index (χ2n) is 6.89. The molecule has 3 rings (SSSR count). The van der Waals surface area contributed by atoms with E-state index >= 15 is 0 Å². The molecule has 29 heavy (non-hydrogen) atoms. The van der Waals surface area contributed by atoms with Crippen LogP contribution in [0.4, 0.5) is 11.4 Å². The van der Waals surface area contributed by atoms with Crippen LogP contribution in [-0.2, 0) is 14.8 Å². The minimum Gasteiger partial charge on any atom is -0.341 e.